The average Bonchev–Trinajstić information content (AvgIpc) is 3.72. The van der Waals surface area contributed by atoms with Crippen LogP contribution >= 0.6 is 11.3 Å². The summed E-state index contributed by atoms with van der Waals surface area (Å²) in [5.74, 6) is -0.961. The number of alkyl halides is 3. The molecule has 248 valence electrons. The number of aromatic hydroxyl groups is 1. The molecule has 6 heterocycles. The van der Waals surface area contributed by atoms with Gasteiger partial charge in [0.25, 0.3) is 11.5 Å². The van der Waals surface area contributed by atoms with Crippen molar-refractivity contribution in [3.63, 3.8) is 0 Å². The summed E-state index contributed by atoms with van der Waals surface area (Å²) in [5.41, 5.74) is 0.365. The van der Waals surface area contributed by atoms with Gasteiger partial charge in [0.05, 0.1) is 35.2 Å². The van der Waals surface area contributed by atoms with Crippen LogP contribution < -0.4 is 15.8 Å². The third kappa shape index (κ3) is 6.29. The van der Waals surface area contributed by atoms with E-state index in [2.05, 4.69) is 25.4 Å². The molecule has 0 saturated carbocycles. The maximum atomic E-state index is 14.1. The van der Waals surface area contributed by atoms with Crippen molar-refractivity contribution in [1.82, 2.24) is 34.0 Å². The lowest BCUT2D eigenvalue weighted by atomic mass is 10.1. The standard InChI is InChI=1S/C29H30F3N9O5S/c1-3-19-23(38-6-8-39(9-7-38)26(44)22-24(43)16(2)33-15-34-22)27(45)41-28(36-25(37-41)17-4-10-46-11-5-17)40(19)13-20(42)35-21-12-18(14-47-21)29(30,31)32/h4,12,14-15,43H,3,5-11,13H2,1-2H3,(H,35,42). The van der Waals surface area contributed by atoms with E-state index in [0.717, 1.165) is 32.9 Å². The number of aryl methyl sites for hydroxylation is 1. The smallest absolute Gasteiger partial charge is 0.417 e. The normalized spacial score (nSPS) is 15.6. The van der Waals surface area contributed by atoms with E-state index in [0.29, 0.717) is 37.6 Å². The number of nitrogens with one attached hydrogen (secondary N) is 1. The molecular formula is C29H30F3N9O5S. The number of amides is 2. The molecule has 0 radical (unpaired) electrons. The number of thiophene rings is 1. The molecule has 2 aliphatic rings. The second-order valence-corrected chi connectivity index (χ2v) is 11.8. The Morgan fingerprint density at radius 2 is 1.94 bits per heavy atom. The number of carbonyl (C=O) groups excluding carboxylic acids is 2. The number of rotatable bonds is 7. The Balaban J connectivity index is 1.34. The summed E-state index contributed by atoms with van der Waals surface area (Å²) >= 11 is 0.755. The van der Waals surface area contributed by atoms with Gasteiger partial charge < -0.3 is 29.5 Å². The molecule has 4 aromatic heterocycles. The molecule has 0 atom stereocenters. The van der Waals surface area contributed by atoms with E-state index in [1.165, 1.54) is 11.2 Å². The van der Waals surface area contributed by atoms with Crippen molar-refractivity contribution in [2.45, 2.75) is 39.4 Å². The molecule has 0 aliphatic carbocycles. The number of hydrogen-bond acceptors (Lipinski definition) is 11. The topological polar surface area (TPSA) is 160 Å². The van der Waals surface area contributed by atoms with Crippen molar-refractivity contribution in [1.29, 1.82) is 0 Å². The Labute approximate surface area is 269 Å². The summed E-state index contributed by atoms with van der Waals surface area (Å²) in [6.07, 6.45) is -0.692. The van der Waals surface area contributed by atoms with Crippen LogP contribution in [-0.2, 0) is 28.7 Å². The van der Waals surface area contributed by atoms with Gasteiger partial charge in [-0.3, -0.25) is 14.4 Å². The van der Waals surface area contributed by atoms with Crippen LogP contribution in [0.15, 0.2) is 28.6 Å². The van der Waals surface area contributed by atoms with Crippen molar-refractivity contribution in [3.8, 4) is 5.75 Å². The van der Waals surface area contributed by atoms with Crippen LogP contribution in [-0.4, -0.2) is 90.3 Å². The van der Waals surface area contributed by atoms with Gasteiger partial charge in [0.15, 0.2) is 17.3 Å². The van der Waals surface area contributed by atoms with Crippen LogP contribution in [0.1, 0.15) is 46.6 Å². The van der Waals surface area contributed by atoms with Crippen molar-refractivity contribution >= 4 is 45.2 Å². The summed E-state index contributed by atoms with van der Waals surface area (Å²) in [4.78, 5) is 56.3. The molecule has 0 unspecified atom stereocenters. The molecule has 47 heavy (non-hydrogen) atoms. The van der Waals surface area contributed by atoms with Crippen molar-refractivity contribution in [2.24, 2.45) is 0 Å². The fourth-order valence-electron chi connectivity index (χ4n) is 5.57. The predicted molar refractivity (Wildman–Crippen MR) is 165 cm³/mol. The summed E-state index contributed by atoms with van der Waals surface area (Å²) in [6, 6.07) is 0.867. The number of anilines is 2. The Morgan fingerprint density at radius 3 is 2.60 bits per heavy atom. The van der Waals surface area contributed by atoms with Gasteiger partial charge in [-0.25, -0.2) is 9.97 Å². The highest BCUT2D eigenvalue weighted by molar-refractivity contribution is 7.14. The van der Waals surface area contributed by atoms with Gasteiger partial charge >= 0.3 is 6.18 Å². The molecule has 2 N–H and O–H groups in total. The Kier molecular flexibility index (Phi) is 8.71. The monoisotopic (exact) mass is 673 g/mol. The minimum Gasteiger partial charge on any atom is -0.504 e. The molecule has 0 aromatic carbocycles. The van der Waals surface area contributed by atoms with Gasteiger partial charge in [-0.1, -0.05) is 13.0 Å². The van der Waals surface area contributed by atoms with Crippen LogP contribution in [0.5, 0.6) is 5.75 Å². The summed E-state index contributed by atoms with van der Waals surface area (Å²) in [5, 5.41) is 18.3. The first-order chi connectivity index (χ1) is 22.5. The van der Waals surface area contributed by atoms with Gasteiger partial charge in [-0.15, -0.1) is 16.4 Å². The lowest BCUT2D eigenvalue weighted by Crippen LogP contribution is -2.51. The highest BCUT2D eigenvalue weighted by atomic mass is 32.1. The Morgan fingerprint density at radius 1 is 1.17 bits per heavy atom. The number of fused-ring (bicyclic) bond motifs is 1. The van der Waals surface area contributed by atoms with E-state index in [-0.39, 0.29) is 66.3 Å². The Hall–Kier alpha value is -4.84. The lowest BCUT2D eigenvalue weighted by molar-refractivity contribution is -0.137. The van der Waals surface area contributed by atoms with Gasteiger partial charge in [-0.05, 0) is 31.4 Å². The highest BCUT2D eigenvalue weighted by Crippen LogP contribution is 2.35. The zero-order valence-corrected chi connectivity index (χ0v) is 26.2. The average molecular weight is 674 g/mol. The summed E-state index contributed by atoms with van der Waals surface area (Å²) in [6.45, 7) is 4.74. The van der Waals surface area contributed by atoms with E-state index >= 15 is 0 Å². The molecule has 18 heteroatoms. The van der Waals surface area contributed by atoms with E-state index in [9.17, 15) is 32.7 Å². The number of hydrogen-bond donors (Lipinski definition) is 2. The molecule has 2 aliphatic heterocycles. The molecule has 1 fully saturated rings. The number of ether oxygens (including phenoxy) is 1. The van der Waals surface area contributed by atoms with Crippen molar-refractivity contribution in [3.05, 3.63) is 62.7 Å². The molecule has 1 saturated heterocycles. The predicted octanol–water partition coefficient (Wildman–Crippen LogP) is 2.74. The number of nitrogens with zero attached hydrogens (tertiary/aromatic N) is 8. The maximum absolute atomic E-state index is 14.1. The fourth-order valence-corrected chi connectivity index (χ4v) is 6.40. The van der Waals surface area contributed by atoms with Gasteiger partial charge in [0, 0.05) is 31.6 Å². The van der Waals surface area contributed by atoms with Crippen LogP contribution in [0.25, 0.3) is 11.4 Å². The highest BCUT2D eigenvalue weighted by Gasteiger charge is 2.33. The van der Waals surface area contributed by atoms with Crippen molar-refractivity contribution < 1.29 is 32.6 Å². The first-order valence-electron chi connectivity index (χ1n) is 14.8. The second kappa shape index (κ2) is 12.7. The molecule has 4 aromatic rings. The van der Waals surface area contributed by atoms with Crippen LogP contribution in [0.3, 0.4) is 0 Å². The van der Waals surface area contributed by atoms with Gasteiger partial charge in [0.2, 0.25) is 11.7 Å². The van der Waals surface area contributed by atoms with Gasteiger partial charge in [-0.2, -0.15) is 22.7 Å². The van der Waals surface area contributed by atoms with E-state index in [1.807, 2.05) is 17.9 Å². The minimum atomic E-state index is -4.55. The molecule has 14 nitrogen and oxygen atoms in total. The van der Waals surface area contributed by atoms with Crippen LogP contribution in [0.2, 0.25) is 0 Å². The molecule has 2 amide bonds. The van der Waals surface area contributed by atoms with E-state index in [1.54, 1.807) is 11.5 Å². The first kappa shape index (κ1) is 32.1. The summed E-state index contributed by atoms with van der Waals surface area (Å²) in [7, 11) is 0. The van der Waals surface area contributed by atoms with Crippen molar-refractivity contribution in [2.75, 3.05) is 49.6 Å². The Bertz CT molecular complexity index is 1940. The van der Waals surface area contributed by atoms with Crippen LogP contribution in [0.4, 0.5) is 23.9 Å². The number of piperazine rings is 1. The third-order valence-corrected chi connectivity index (χ3v) is 8.84. The zero-order chi connectivity index (χ0) is 33.5. The number of halogens is 3. The number of carbonyl (C=O) groups is 2. The quantitative estimate of drug-likeness (QED) is 0.299. The SMILES string of the molecule is CCc1c(N2CCN(C(=O)c3ncnc(C)c3O)CC2)c(=O)n2nc(C3=CCOCC3)nc2n1CC(=O)Nc1cc(C(F)(F)F)cs1. The van der Waals surface area contributed by atoms with E-state index < -0.39 is 29.1 Å². The molecule has 0 bridgehead atoms. The molecule has 6 rings (SSSR count). The zero-order valence-electron chi connectivity index (χ0n) is 25.4. The first-order valence-corrected chi connectivity index (χ1v) is 15.6. The third-order valence-electron chi connectivity index (χ3n) is 7.99. The molecular weight excluding hydrogens is 643 g/mol. The fraction of sp³-hybridized carbons (Fsp3) is 0.414. The number of aromatic nitrogens is 6. The summed E-state index contributed by atoms with van der Waals surface area (Å²) < 4.78 is 47.5. The minimum absolute atomic E-state index is 0.0258. The van der Waals surface area contributed by atoms with Crippen LogP contribution in [0, 0.1) is 6.92 Å². The maximum Gasteiger partial charge on any atom is 0.417 e. The second-order valence-electron chi connectivity index (χ2n) is 10.9. The largest absolute Gasteiger partial charge is 0.504 e. The molecule has 0 spiro atoms. The van der Waals surface area contributed by atoms with E-state index in [4.69, 9.17) is 4.74 Å². The van der Waals surface area contributed by atoms with Gasteiger partial charge in [0.1, 0.15) is 18.6 Å². The lowest BCUT2D eigenvalue weighted by Gasteiger charge is -2.36.